The Kier molecular flexibility index (Phi) is 6.72. The van der Waals surface area contributed by atoms with E-state index in [4.69, 9.17) is 10.00 Å². The number of anilines is 1. The average Bonchev–Trinajstić information content (AvgIpc) is 3.28. The third-order valence-electron chi connectivity index (χ3n) is 3.73. The van der Waals surface area contributed by atoms with Crippen LogP contribution in [-0.2, 0) is 11.8 Å². The molecule has 0 aliphatic heterocycles. The number of carbonyl (C=O) groups excluding carboxylic acids is 1. The molecule has 1 N–H and O–H groups in total. The molecule has 10 heteroatoms. The summed E-state index contributed by atoms with van der Waals surface area (Å²) in [5.74, 6) is 1.36. The van der Waals surface area contributed by atoms with Crippen molar-refractivity contribution in [1.82, 2.24) is 14.8 Å². The van der Waals surface area contributed by atoms with Gasteiger partial charge in [0.25, 0.3) is 0 Å². The molecule has 0 saturated carbocycles. The van der Waals surface area contributed by atoms with Crippen molar-refractivity contribution < 1.29 is 9.53 Å². The van der Waals surface area contributed by atoms with Gasteiger partial charge in [0.1, 0.15) is 16.8 Å². The highest BCUT2D eigenvalue weighted by atomic mass is 79.9. The molecule has 1 unspecified atom stereocenters. The highest BCUT2D eigenvalue weighted by Crippen LogP contribution is 2.26. The van der Waals surface area contributed by atoms with Gasteiger partial charge in [-0.3, -0.25) is 4.79 Å². The zero-order valence-electron chi connectivity index (χ0n) is 15.0. The van der Waals surface area contributed by atoms with Crippen molar-refractivity contribution in [3.63, 3.8) is 0 Å². The van der Waals surface area contributed by atoms with Crippen LogP contribution in [0.4, 0.5) is 5.00 Å². The van der Waals surface area contributed by atoms with E-state index in [9.17, 15) is 4.79 Å². The number of hydrogen-bond acceptors (Lipinski definition) is 7. The molecule has 144 valence electrons. The Balaban J connectivity index is 1.58. The average molecular weight is 478 g/mol. The van der Waals surface area contributed by atoms with E-state index < -0.39 is 0 Å². The third-order valence-corrected chi connectivity index (χ3v) is 6.11. The zero-order valence-corrected chi connectivity index (χ0v) is 18.3. The van der Waals surface area contributed by atoms with Gasteiger partial charge in [0.05, 0.1) is 11.3 Å². The summed E-state index contributed by atoms with van der Waals surface area (Å²) >= 11 is 5.99. The first-order valence-corrected chi connectivity index (χ1v) is 10.9. The maximum atomic E-state index is 12.2. The number of rotatable bonds is 7. The molecule has 28 heavy (non-hydrogen) atoms. The van der Waals surface area contributed by atoms with Gasteiger partial charge < -0.3 is 14.6 Å². The lowest BCUT2D eigenvalue weighted by Gasteiger charge is -2.14. The van der Waals surface area contributed by atoms with Crippen molar-refractivity contribution in [2.75, 3.05) is 11.1 Å². The van der Waals surface area contributed by atoms with Crippen LogP contribution < -0.4 is 10.1 Å². The van der Waals surface area contributed by atoms with Crippen molar-refractivity contribution >= 4 is 49.9 Å². The van der Waals surface area contributed by atoms with Crippen LogP contribution in [0, 0.1) is 11.3 Å². The first-order chi connectivity index (χ1) is 13.5. The second kappa shape index (κ2) is 9.23. The largest absolute Gasteiger partial charge is 0.483 e. The molecular weight excluding hydrogens is 462 g/mol. The summed E-state index contributed by atoms with van der Waals surface area (Å²) < 4.78 is 8.70. The van der Waals surface area contributed by atoms with Crippen molar-refractivity contribution in [2.45, 2.75) is 18.2 Å². The monoisotopic (exact) mass is 477 g/mol. The normalized spacial score (nSPS) is 11.6. The molecular formula is C18H16BrN5O2S2. The van der Waals surface area contributed by atoms with Gasteiger partial charge >= 0.3 is 0 Å². The summed E-state index contributed by atoms with van der Waals surface area (Å²) in [5, 5.41) is 23.0. The minimum Gasteiger partial charge on any atom is -0.483 e. The number of carbonyl (C=O) groups is 1. The van der Waals surface area contributed by atoms with E-state index in [1.807, 2.05) is 48.9 Å². The Morgan fingerprint density at radius 2 is 2.14 bits per heavy atom. The van der Waals surface area contributed by atoms with Crippen LogP contribution in [0.1, 0.15) is 24.4 Å². The fourth-order valence-corrected chi connectivity index (χ4v) is 4.10. The van der Waals surface area contributed by atoms with Crippen molar-refractivity contribution in [3.05, 3.63) is 51.6 Å². The van der Waals surface area contributed by atoms with Crippen molar-refractivity contribution in [3.8, 4) is 11.8 Å². The molecule has 0 fully saturated rings. The lowest BCUT2D eigenvalue weighted by molar-refractivity contribution is -0.113. The first kappa shape index (κ1) is 20.4. The summed E-state index contributed by atoms with van der Waals surface area (Å²) in [5.41, 5.74) is 0.461. The van der Waals surface area contributed by atoms with Gasteiger partial charge in [0, 0.05) is 11.5 Å². The van der Waals surface area contributed by atoms with Gasteiger partial charge in [-0.1, -0.05) is 27.7 Å². The van der Waals surface area contributed by atoms with E-state index in [-0.39, 0.29) is 17.8 Å². The molecule has 2 heterocycles. The summed E-state index contributed by atoms with van der Waals surface area (Å²) in [6.07, 6.45) is -0.300. The Labute approximate surface area is 178 Å². The number of benzene rings is 1. The molecule has 0 bridgehead atoms. The fourth-order valence-electron chi connectivity index (χ4n) is 2.36. The number of thiophene rings is 1. The lowest BCUT2D eigenvalue weighted by Crippen LogP contribution is -2.14. The SMILES string of the molecule is CC(Oc1ccc(Br)cc1)c1nnc(SCC(=O)Nc2sccc2C#N)n1C. The quantitative estimate of drug-likeness (QED) is 0.507. The smallest absolute Gasteiger partial charge is 0.235 e. The first-order valence-electron chi connectivity index (χ1n) is 8.19. The van der Waals surface area contributed by atoms with Gasteiger partial charge in [-0.25, -0.2) is 0 Å². The molecule has 3 rings (SSSR count). The van der Waals surface area contributed by atoms with Gasteiger partial charge in [-0.05, 0) is 42.6 Å². The maximum Gasteiger partial charge on any atom is 0.235 e. The maximum absolute atomic E-state index is 12.2. The highest BCUT2D eigenvalue weighted by molar-refractivity contribution is 9.10. The van der Waals surface area contributed by atoms with E-state index in [0.29, 0.717) is 21.5 Å². The number of ether oxygens (including phenoxy) is 1. The number of nitrogens with zero attached hydrogens (tertiary/aromatic N) is 4. The van der Waals surface area contributed by atoms with Crippen molar-refractivity contribution in [2.24, 2.45) is 7.05 Å². The lowest BCUT2D eigenvalue weighted by atomic mass is 10.3. The van der Waals surface area contributed by atoms with Crippen LogP contribution >= 0.6 is 39.0 Å². The number of nitrogens with one attached hydrogen (secondary N) is 1. The molecule has 1 aromatic carbocycles. The number of thioether (sulfide) groups is 1. The number of amides is 1. The second-order valence-corrected chi connectivity index (χ2v) is 8.50. The van der Waals surface area contributed by atoms with E-state index in [1.165, 1.54) is 23.1 Å². The van der Waals surface area contributed by atoms with Gasteiger partial charge in [-0.2, -0.15) is 5.26 Å². The number of hydrogen-bond donors (Lipinski definition) is 1. The Hall–Kier alpha value is -2.35. The Morgan fingerprint density at radius 1 is 1.39 bits per heavy atom. The molecule has 0 aliphatic carbocycles. The van der Waals surface area contributed by atoms with Gasteiger partial charge in [0.2, 0.25) is 5.91 Å². The Morgan fingerprint density at radius 3 is 2.86 bits per heavy atom. The minimum atomic E-state index is -0.300. The van der Waals surface area contributed by atoms with Crippen LogP contribution in [0.5, 0.6) is 5.75 Å². The predicted molar refractivity (Wildman–Crippen MR) is 113 cm³/mol. The number of halogens is 1. The van der Waals surface area contributed by atoms with Gasteiger partial charge in [-0.15, -0.1) is 21.5 Å². The van der Waals surface area contributed by atoms with Crippen LogP contribution in [0.15, 0.2) is 45.3 Å². The molecule has 0 radical (unpaired) electrons. The van der Waals surface area contributed by atoms with E-state index in [2.05, 4.69) is 31.4 Å². The van der Waals surface area contributed by atoms with E-state index in [1.54, 1.807) is 11.4 Å². The highest BCUT2D eigenvalue weighted by Gasteiger charge is 2.18. The van der Waals surface area contributed by atoms with Crippen LogP contribution in [0.2, 0.25) is 0 Å². The molecule has 3 aromatic rings. The third kappa shape index (κ3) is 4.92. The standard InChI is InChI=1S/C18H16BrN5O2S2/c1-11(26-14-5-3-13(19)4-6-14)16-22-23-18(24(16)2)28-10-15(25)21-17-12(9-20)7-8-27-17/h3-8,11H,10H2,1-2H3,(H,21,25). The molecule has 0 aliphatic rings. The zero-order chi connectivity index (χ0) is 20.1. The van der Waals surface area contributed by atoms with Crippen LogP contribution in [-0.4, -0.2) is 26.4 Å². The molecule has 7 nitrogen and oxygen atoms in total. The Bertz CT molecular complexity index is 1010. The second-order valence-electron chi connectivity index (χ2n) is 5.73. The number of aromatic nitrogens is 3. The van der Waals surface area contributed by atoms with Gasteiger partial charge in [0.15, 0.2) is 17.1 Å². The predicted octanol–water partition coefficient (Wildman–Crippen LogP) is 4.38. The molecule has 2 aromatic heterocycles. The van der Waals surface area contributed by atoms with Crippen LogP contribution in [0.3, 0.4) is 0 Å². The summed E-state index contributed by atoms with van der Waals surface area (Å²) in [6.45, 7) is 1.90. The van der Waals surface area contributed by atoms with E-state index in [0.717, 1.165) is 10.2 Å². The summed E-state index contributed by atoms with van der Waals surface area (Å²) in [4.78, 5) is 12.2. The van der Waals surface area contributed by atoms with E-state index >= 15 is 0 Å². The molecule has 1 atom stereocenters. The summed E-state index contributed by atoms with van der Waals surface area (Å²) in [6, 6.07) is 11.3. The molecule has 0 saturated heterocycles. The summed E-state index contributed by atoms with van der Waals surface area (Å²) in [7, 11) is 1.84. The molecule has 1 amide bonds. The molecule has 0 spiro atoms. The van der Waals surface area contributed by atoms with Crippen molar-refractivity contribution in [1.29, 1.82) is 5.26 Å². The fraction of sp³-hybridized carbons (Fsp3) is 0.222. The van der Waals surface area contributed by atoms with Crippen LogP contribution in [0.25, 0.3) is 0 Å². The number of nitriles is 1. The topological polar surface area (TPSA) is 92.8 Å². The minimum absolute atomic E-state index is 0.163.